The number of carbonyl (C=O) groups is 1. The molecule has 0 heterocycles. The van der Waals surface area contributed by atoms with E-state index < -0.39 is 16.0 Å². The minimum absolute atomic E-state index is 0.0514. The van der Waals surface area contributed by atoms with Crippen LogP contribution in [0.2, 0.25) is 0 Å². The van der Waals surface area contributed by atoms with Crippen molar-refractivity contribution in [3.63, 3.8) is 0 Å². The molecule has 0 radical (unpaired) electrons. The normalized spacial score (nSPS) is 11.4. The van der Waals surface area contributed by atoms with Gasteiger partial charge in [0.1, 0.15) is 16.4 Å². The molecule has 2 aromatic rings. The van der Waals surface area contributed by atoms with E-state index in [0.29, 0.717) is 18.8 Å². The van der Waals surface area contributed by atoms with Gasteiger partial charge in [-0.15, -0.1) is 0 Å². The number of hydrogen-bond donors (Lipinski definition) is 0. The summed E-state index contributed by atoms with van der Waals surface area (Å²) in [6, 6.07) is 11.5. The molecule has 6 nitrogen and oxygen atoms in total. The third-order valence-corrected chi connectivity index (χ3v) is 6.34. The molecule has 0 spiro atoms. The van der Waals surface area contributed by atoms with Crippen molar-refractivity contribution < 1.29 is 22.7 Å². The van der Waals surface area contributed by atoms with Crippen LogP contribution in [0.1, 0.15) is 36.7 Å². The molecule has 2 rings (SSSR count). The number of esters is 1. The average Bonchev–Trinajstić information content (AvgIpc) is 2.68. The molecular formula is C20H25NO5S. The van der Waals surface area contributed by atoms with Gasteiger partial charge in [-0.2, -0.15) is 4.31 Å². The summed E-state index contributed by atoms with van der Waals surface area (Å²) in [5.74, 6) is -0.0372. The highest BCUT2D eigenvalue weighted by Gasteiger charge is 2.27. The second-order valence-corrected chi connectivity index (χ2v) is 7.75. The Hall–Kier alpha value is -2.38. The van der Waals surface area contributed by atoms with E-state index in [0.717, 1.165) is 12.0 Å². The van der Waals surface area contributed by atoms with Crippen LogP contribution in [0.4, 0.5) is 0 Å². The topological polar surface area (TPSA) is 72.9 Å². The van der Waals surface area contributed by atoms with Crippen LogP contribution in [-0.4, -0.2) is 38.9 Å². The average molecular weight is 391 g/mol. The van der Waals surface area contributed by atoms with Gasteiger partial charge in [0.05, 0.1) is 12.7 Å². The lowest BCUT2D eigenvalue weighted by atomic mass is 10.2. The summed E-state index contributed by atoms with van der Waals surface area (Å²) in [4.78, 5) is 12.4. The van der Waals surface area contributed by atoms with Crippen LogP contribution < -0.4 is 9.47 Å². The zero-order valence-electron chi connectivity index (χ0n) is 16.1. The summed E-state index contributed by atoms with van der Waals surface area (Å²) in [6.45, 7) is 6.19. The van der Waals surface area contributed by atoms with Crippen LogP contribution in [-0.2, 0) is 16.4 Å². The molecule has 0 amide bonds. The SMILES string of the molecule is CCc1ccc(OC(=O)c2ccc(OC)c(S(=O)(=O)N(CC)CC)c2)cc1. The Bertz CT molecular complexity index is 887. The van der Waals surface area contributed by atoms with Gasteiger partial charge in [0, 0.05) is 13.1 Å². The molecule has 0 N–H and O–H groups in total. The number of sulfonamides is 1. The number of benzene rings is 2. The third-order valence-electron chi connectivity index (χ3n) is 4.26. The molecule has 0 saturated heterocycles. The molecule has 0 aliphatic carbocycles. The van der Waals surface area contributed by atoms with E-state index in [-0.39, 0.29) is 16.2 Å². The van der Waals surface area contributed by atoms with Gasteiger partial charge in [-0.25, -0.2) is 13.2 Å². The fourth-order valence-corrected chi connectivity index (χ4v) is 4.31. The number of ether oxygens (including phenoxy) is 2. The number of rotatable bonds is 8. The van der Waals surface area contributed by atoms with Crippen molar-refractivity contribution in [2.75, 3.05) is 20.2 Å². The van der Waals surface area contributed by atoms with E-state index >= 15 is 0 Å². The fourth-order valence-electron chi connectivity index (χ4n) is 2.67. The molecule has 0 bridgehead atoms. The maximum absolute atomic E-state index is 12.9. The molecule has 146 valence electrons. The van der Waals surface area contributed by atoms with Crippen LogP contribution in [0.15, 0.2) is 47.4 Å². The van der Waals surface area contributed by atoms with E-state index in [4.69, 9.17) is 9.47 Å². The number of hydrogen-bond acceptors (Lipinski definition) is 5. The van der Waals surface area contributed by atoms with E-state index in [2.05, 4.69) is 0 Å². The van der Waals surface area contributed by atoms with Gasteiger partial charge >= 0.3 is 5.97 Å². The highest BCUT2D eigenvalue weighted by Crippen LogP contribution is 2.28. The lowest BCUT2D eigenvalue weighted by molar-refractivity contribution is 0.0734. The van der Waals surface area contributed by atoms with Crippen LogP contribution in [0.3, 0.4) is 0 Å². The largest absolute Gasteiger partial charge is 0.495 e. The Kier molecular flexibility index (Phi) is 6.98. The first-order valence-electron chi connectivity index (χ1n) is 8.86. The fraction of sp³-hybridized carbons (Fsp3) is 0.350. The van der Waals surface area contributed by atoms with Crippen LogP contribution in [0.25, 0.3) is 0 Å². The summed E-state index contributed by atoms with van der Waals surface area (Å²) in [5, 5.41) is 0. The molecule has 0 aromatic heterocycles. The van der Waals surface area contributed by atoms with Gasteiger partial charge in [-0.3, -0.25) is 0 Å². The molecule has 0 aliphatic heterocycles. The Morgan fingerprint density at radius 1 is 1.00 bits per heavy atom. The zero-order valence-corrected chi connectivity index (χ0v) is 16.9. The molecule has 0 aliphatic rings. The highest BCUT2D eigenvalue weighted by molar-refractivity contribution is 7.89. The first-order chi connectivity index (χ1) is 12.9. The van der Waals surface area contributed by atoms with Crippen molar-refractivity contribution in [1.29, 1.82) is 0 Å². The Morgan fingerprint density at radius 2 is 1.63 bits per heavy atom. The van der Waals surface area contributed by atoms with Gasteiger partial charge in [0.25, 0.3) is 0 Å². The third kappa shape index (κ3) is 4.67. The van der Waals surface area contributed by atoms with Crippen LogP contribution >= 0.6 is 0 Å². The lowest BCUT2D eigenvalue weighted by Gasteiger charge is -2.20. The minimum atomic E-state index is -3.78. The van der Waals surface area contributed by atoms with Crippen molar-refractivity contribution in [1.82, 2.24) is 4.31 Å². The molecule has 7 heteroatoms. The number of aryl methyl sites for hydroxylation is 1. The Labute approximate surface area is 160 Å². The number of carbonyl (C=O) groups excluding carboxylic acids is 1. The molecule has 0 unspecified atom stereocenters. The van der Waals surface area contributed by atoms with Gasteiger partial charge in [-0.05, 0) is 42.3 Å². The number of nitrogens with zero attached hydrogens (tertiary/aromatic N) is 1. The minimum Gasteiger partial charge on any atom is -0.495 e. The smallest absolute Gasteiger partial charge is 0.343 e. The monoisotopic (exact) mass is 391 g/mol. The number of methoxy groups -OCH3 is 1. The Balaban J connectivity index is 2.36. The molecule has 27 heavy (non-hydrogen) atoms. The summed E-state index contributed by atoms with van der Waals surface area (Å²) in [7, 11) is -2.39. The summed E-state index contributed by atoms with van der Waals surface area (Å²) in [5.41, 5.74) is 1.27. The first-order valence-corrected chi connectivity index (χ1v) is 10.3. The zero-order chi connectivity index (χ0) is 20.0. The van der Waals surface area contributed by atoms with E-state index in [1.165, 1.54) is 29.6 Å². The molecule has 2 aromatic carbocycles. The summed E-state index contributed by atoms with van der Waals surface area (Å²) < 4.78 is 37.6. The van der Waals surface area contributed by atoms with E-state index in [1.807, 2.05) is 19.1 Å². The summed E-state index contributed by atoms with van der Waals surface area (Å²) >= 11 is 0. The first kappa shape index (κ1) is 20.9. The van der Waals surface area contributed by atoms with E-state index in [9.17, 15) is 13.2 Å². The lowest BCUT2D eigenvalue weighted by Crippen LogP contribution is -2.31. The molecular weight excluding hydrogens is 366 g/mol. The quantitative estimate of drug-likeness (QED) is 0.509. The van der Waals surface area contributed by atoms with Crippen molar-refractivity contribution in [3.8, 4) is 11.5 Å². The molecule has 0 saturated carbocycles. The van der Waals surface area contributed by atoms with Gasteiger partial charge in [-0.1, -0.05) is 32.9 Å². The van der Waals surface area contributed by atoms with Crippen molar-refractivity contribution in [3.05, 3.63) is 53.6 Å². The van der Waals surface area contributed by atoms with Gasteiger partial charge in [0.15, 0.2) is 0 Å². The van der Waals surface area contributed by atoms with Crippen LogP contribution in [0, 0.1) is 0 Å². The predicted octanol–water partition coefficient (Wildman–Crippen LogP) is 3.51. The molecule has 0 fully saturated rings. The van der Waals surface area contributed by atoms with Crippen molar-refractivity contribution in [2.45, 2.75) is 32.1 Å². The van der Waals surface area contributed by atoms with Gasteiger partial charge < -0.3 is 9.47 Å². The van der Waals surface area contributed by atoms with Crippen molar-refractivity contribution in [2.24, 2.45) is 0 Å². The van der Waals surface area contributed by atoms with Gasteiger partial charge in [0.2, 0.25) is 10.0 Å². The predicted molar refractivity (Wildman–Crippen MR) is 104 cm³/mol. The summed E-state index contributed by atoms with van der Waals surface area (Å²) in [6.07, 6.45) is 0.888. The second-order valence-electron chi connectivity index (χ2n) is 5.84. The van der Waals surface area contributed by atoms with Crippen molar-refractivity contribution >= 4 is 16.0 Å². The second kappa shape index (κ2) is 9.01. The maximum atomic E-state index is 12.9. The Morgan fingerprint density at radius 3 is 2.15 bits per heavy atom. The standard InChI is InChI=1S/C20H25NO5S/c1-5-15-8-11-17(12-9-15)26-20(22)16-10-13-18(25-4)19(14-16)27(23,24)21(6-2)7-3/h8-14H,5-7H2,1-4H3. The van der Waals surface area contributed by atoms with E-state index in [1.54, 1.807) is 26.0 Å². The van der Waals surface area contributed by atoms with Crippen LogP contribution in [0.5, 0.6) is 11.5 Å². The molecule has 0 atom stereocenters. The highest BCUT2D eigenvalue weighted by atomic mass is 32.2. The maximum Gasteiger partial charge on any atom is 0.343 e.